The number of rotatable bonds is 3. The van der Waals surface area contributed by atoms with Crippen LogP contribution in [0.25, 0.3) is 0 Å². The normalized spacial score (nSPS) is 15.3. The second-order valence-corrected chi connectivity index (χ2v) is 4.83. The molecule has 0 unspecified atom stereocenters. The van der Waals surface area contributed by atoms with Gasteiger partial charge < -0.3 is 10.2 Å². The Bertz CT molecular complexity index is 548. The number of likely N-dealkylation sites (tertiary alicyclic amines) is 1. The van der Waals surface area contributed by atoms with E-state index in [0.29, 0.717) is 24.2 Å². The molecule has 1 saturated heterocycles. The van der Waals surface area contributed by atoms with Gasteiger partial charge in [-0.15, -0.1) is 0 Å². The van der Waals surface area contributed by atoms with Crippen molar-refractivity contribution in [2.24, 2.45) is 0 Å². The molecule has 0 aliphatic carbocycles. The maximum absolute atomic E-state index is 12.0. The molecule has 2 rings (SSSR count). The Morgan fingerprint density at radius 2 is 2.10 bits per heavy atom. The molecule has 0 aromatic heterocycles. The molecule has 0 saturated carbocycles. The van der Waals surface area contributed by atoms with Crippen LogP contribution < -0.4 is 5.32 Å². The molecule has 20 heavy (non-hydrogen) atoms. The van der Waals surface area contributed by atoms with Crippen molar-refractivity contribution in [3.05, 3.63) is 29.8 Å². The minimum atomic E-state index is -0.261. The van der Waals surface area contributed by atoms with Crippen LogP contribution in [0.15, 0.2) is 24.3 Å². The number of anilines is 1. The molecule has 0 spiro atoms. The molecule has 0 bridgehead atoms. The lowest BCUT2D eigenvalue weighted by Gasteiger charge is -2.19. The van der Waals surface area contributed by atoms with E-state index in [-0.39, 0.29) is 18.4 Å². The minimum absolute atomic E-state index is 0.0335. The van der Waals surface area contributed by atoms with Gasteiger partial charge in [0.05, 0.1) is 17.8 Å². The first kappa shape index (κ1) is 14.1. The number of nitrogens with one attached hydrogen (secondary N) is 1. The summed E-state index contributed by atoms with van der Waals surface area (Å²) in [6.07, 6.45) is 3.38. The average Bonchev–Trinajstić information content (AvgIpc) is 2.65. The summed E-state index contributed by atoms with van der Waals surface area (Å²) in [5, 5.41) is 11.7. The van der Waals surface area contributed by atoms with Gasteiger partial charge in [-0.1, -0.05) is 18.6 Å². The van der Waals surface area contributed by atoms with Crippen molar-refractivity contribution < 1.29 is 9.59 Å². The lowest BCUT2D eigenvalue weighted by molar-refractivity contribution is -0.134. The highest BCUT2D eigenvalue weighted by Gasteiger charge is 2.19. The molecule has 0 radical (unpaired) electrons. The maximum atomic E-state index is 12.0. The summed E-state index contributed by atoms with van der Waals surface area (Å²) >= 11 is 0. The van der Waals surface area contributed by atoms with E-state index < -0.39 is 0 Å². The second-order valence-electron chi connectivity index (χ2n) is 4.83. The fourth-order valence-corrected chi connectivity index (χ4v) is 2.26. The van der Waals surface area contributed by atoms with Crippen LogP contribution in [0.2, 0.25) is 0 Å². The molecule has 5 nitrogen and oxygen atoms in total. The summed E-state index contributed by atoms with van der Waals surface area (Å²) in [5.74, 6) is -0.228. The Balaban J connectivity index is 1.98. The topological polar surface area (TPSA) is 73.2 Å². The molecule has 1 aliphatic heterocycles. The number of amides is 2. The van der Waals surface area contributed by atoms with Gasteiger partial charge >= 0.3 is 0 Å². The molecule has 1 aromatic rings. The Morgan fingerprint density at radius 1 is 1.30 bits per heavy atom. The SMILES string of the molecule is N#Cc1ccccc1NC(=O)CN1CCCCCC1=O. The van der Waals surface area contributed by atoms with Gasteiger partial charge in [0.25, 0.3) is 0 Å². The van der Waals surface area contributed by atoms with Gasteiger partial charge in [0, 0.05) is 13.0 Å². The van der Waals surface area contributed by atoms with E-state index in [1.807, 2.05) is 6.07 Å². The van der Waals surface area contributed by atoms with E-state index in [2.05, 4.69) is 5.32 Å². The zero-order valence-electron chi connectivity index (χ0n) is 11.3. The number of nitrogens with zero attached hydrogens (tertiary/aromatic N) is 2. The van der Waals surface area contributed by atoms with Crippen molar-refractivity contribution in [2.75, 3.05) is 18.4 Å². The number of para-hydroxylation sites is 1. The maximum Gasteiger partial charge on any atom is 0.244 e. The van der Waals surface area contributed by atoms with Gasteiger partial charge in [-0.05, 0) is 25.0 Å². The Hall–Kier alpha value is -2.35. The first-order chi connectivity index (χ1) is 9.70. The van der Waals surface area contributed by atoms with Crippen LogP contribution in [-0.2, 0) is 9.59 Å². The highest BCUT2D eigenvalue weighted by molar-refractivity contribution is 5.95. The average molecular weight is 271 g/mol. The standard InChI is InChI=1S/C15H17N3O2/c16-10-12-6-3-4-7-13(12)17-14(19)11-18-9-5-1-2-8-15(18)20/h3-4,6-7H,1-2,5,8-9,11H2,(H,17,19). The summed E-state index contributed by atoms with van der Waals surface area (Å²) in [6, 6.07) is 8.85. The van der Waals surface area contributed by atoms with Crippen LogP contribution in [0.1, 0.15) is 31.2 Å². The first-order valence-corrected chi connectivity index (χ1v) is 6.77. The minimum Gasteiger partial charge on any atom is -0.333 e. The van der Waals surface area contributed by atoms with Crippen LogP contribution in [0.4, 0.5) is 5.69 Å². The fraction of sp³-hybridized carbons (Fsp3) is 0.400. The zero-order chi connectivity index (χ0) is 14.4. The van der Waals surface area contributed by atoms with E-state index in [9.17, 15) is 9.59 Å². The van der Waals surface area contributed by atoms with Crippen LogP contribution >= 0.6 is 0 Å². The number of carbonyl (C=O) groups excluding carboxylic acids is 2. The van der Waals surface area contributed by atoms with Crippen LogP contribution in [-0.4, -0.2) is 29.8 Å². The lowest BCUT2D eigenvalue weighted by Crippen LogP contribution is -2.37. The van der Waals surface area contributed by atoms with Gasteiger partial charge in [-0.2, -0.15) is 5.26 Å². The van der Waals surface area contributed by atoms with E-state index in [0.717, 1.165) is 19.3 Å². The highest BCUT2D eigenvalue weighted by Crippen LogP contribution is 2.14. The molecule has 0 atom stereocenters. The Labute approximate surface area is 118 Å². The van der Waals surface area contributed by atoms with Crippen molar-refractivity contribution in [2.45, 2.75) is 25.7 Å². The largest absolute Gasteiger partial charge is 0.333 e. The fourth-order valence-electron chi connectivity index (χ4n) is 2.26. The molecule has 5 heteroatoms. The van der Waals surface area contributed by atoms with E-state index in [1.54, 1.807) is 29.2 Å². The quantitative estimate of drug-likeness (QED) is 0.912. The van der Waals surface area contributed by atoms with Gasteiger partial charge in [-0.3, -0.25) is 9.59 Å². The Morgan fingerprint density at radius 3 is 2.90 bits per heavy atom. The second kappa shape index (κ2) is 6.71. The number of hydrogen-bond donors (Lipinski definition) is 1. The summed E-state index contributed by atoms with van der Waals surface area (Å²) in [7, 11) is 0. The third kappa shape index (κ3) is 3.58. The highest BCUT2D eigenvalue weighted by atomic mass is 16.2. The van der Waals surface area contributed by atoms with E-state index in [4.69, 9.17) is 5.26 Å². The predicted octanol–water partition coefficient (Wildman–Crippen LogP) is 1.90. The molecular formula is C15H17N3O2. The zero-order valence-corrected chi connectivity index (χ0v) is 11.3. The summed E-state index contributed by atoms with van der Waals surface area (Å²) in [6.45, 7) is 0.685. The molecule has 1 fully saturated rings. The van der Waals surface area contributed by atoms with E-state index in [1.165, 1.54) is 0 Å². The molecule has 1 aliphatic rings. The van der Waals surface area contributed by atoms with Crippen molar-refractivity contribution in [3.8, 4) is 6.07 Å². The predicted molar refractivity (Wildman–Crippen MR) is 74.8 cm³/mol. The Kier molecular flexibility index (Phi) is 4.72. The van der Waals surface area contributed by atoms with Crippen molar-refractivity contribution in [1.29, 1.82) is 5.26 Å². The number of carbonyl (C=O) groups is 2. The lowest BCUT2D eigenvalue weighted by atomic mass is 10.2. The summed E-state index contributed by atoms with van der Waals surface area (Å²) in [5.41, 5.74) is 0.908. The molecule has 1 heterocycles. The summed E-state index contributed by atoms with van der Waals surface area (Å²) in [4.78, 5) is 25.4. The van der Waals surface area contributed by atoms with Gasteiger partial charge in [0.2, 0.25) is 11.8 Å². The monoisotopic (exact) mass is 271 g/mol. The number of hydrogen-bond acceptors (Lipinski definition) is 3. The van der Waals surface area contributed by atoms with Crippen molar-refractivity contribution in [3.63, 3.8) is 0 Å². The van der Waals surface area contributed by atoms with Gasteiger partial charge in [0.1, 0.15) is 6.07 Å². The smallest absolute Gasteiger partial charge is 0.244 e. The van der Waals surface area contributed by atoms with Crippen molar-refractivity contribution in [1.82, 2.24) is 4.90 Å². The van der Waals surface area contributed by atoms with Crippen molar-refractivity contribution >= 4 is 17.5 Å². The number of nitriles is 1. The third-order valence-electron chi connectivity index (χ3n) is 3.33. The number of benzene rings is 1. The molecular weight excluding hydrogens is 254 g/mol. The first-order valence-electron chi connectivity index (χ1n) is 6.77. The molecule has 104 valence electrons. The van der Waals surface area contributed by atoms with E-state index >= 15 is 0 Å². The van der Waals surface area contributed by atoms with Crippen LogP contribution in [0.5, 0.6) is 0 Å². The molecule has 1 aromatic carbocycles. The molecule has 1 N–H and O–H groups in total. The van der Waals surface area contributed by atoms with Crippen LogP contribution in [0, 0.1) is 11.3 Å². The third-order valence-corrected chi connectivity index (χ3v) is 3.33. The van der Waals surface area contributed by atoms with Gasteiger partial charge in [-0.25, -0.2) is 0 Å². The summed E-state index contributed by atoms with van der Waals surface area (Å²) < 4.78 is 0. The van der Waals surface area contributed by atoms with Gasteiger partial charge in [0.15, 0.2) is 0 Å². The van der Waals surface area contributed by atoms with Crippen LogP contribution in [0.3, 0.4) is 0 Å². The molecule has 2 amide bonds.